The lowest BCUT2D eigenvalue weighted by Crippen LogP contribution is -2.12. The van der Waals surface area contributed by atoms with Gasteiger partial charge in [-0.25, -0.2) is 9.59 Å². The van der Waals surface area contributed by atoms with Gasteiger partial charge in [-0.05, 0) is 12.3 Å². The number of aliphatic carboxylic acids is 1. The van der Waals surface area contributed by atoms with E-state index in [1.807, 2.05) is 0 Å². The first-order valence-corrected chi connectivity index (χ1v) is 7.64. The van der Waals surface area contributed by atoms with Crippen LogP contribution < -0.4 is 0 Å². The second-order valence-electron chi connectivity index (χ2n) is 4.13. The van der Waals surface area contributed by atoms with E-state index >= 15 is 0 Å². The molecule has 1 unspecified atom stereocenters. The van der Waals surface area contributed by atoms with Crippen LogP contribution in [0.4, 0.5) is 0 Å². The molecule has 0 heterocycles. The van der Waals surface area contributed by atoms with Gasteiger partial charge in [-0.3, -0.25) is 0 Å². The second-order valence-corrected chi connectivity index (χ2v) is 5.24. The van der Waals surface area contributed by atoms with Crippen molar-refractivity contribution >= 4 is 35.1 Å². The quantitative estimate of drug-likeness (QED) is 0.486. The molecular formula is C16H26Cl2O4. The zero-order chi connectivity index (χ0) is 18.0. The monoisotopic (exact) mass is 352 g/mol. The highest BCUT2D eigenvalue weighted by Crippen LogP contribution is 2.12. The highest BCUT2D eigenvalue weighted by Gasteiger charge is 2.07. The molecule has 4 nitrogen and oxygen atoms in total. The summed E-state index contributed by atoms with van der Waals surface area (Å²) in [5.41, 5.74) is 0. The van der Waals surface area contributed by atoms with Crippen molar-refractivity contribution in [3.63, 3.8) is 0 Å². The minimum atomic E-state index is -0.981. The van der Waals surface area contributed by atoms with Gasteiger partial charge in [0.15, 0.2) is 0 Å². The van der Waals surface area contributed by atoms with E-state index in [2.05, 4.69) is 33.6 Å². The van der Waals surface area contributed by atoms with Crippen molar-refractivity contribution in [2.24, 2.45) is 5.92 Å². The number of hydrogen-bond donors (Lipinski definition) is 1. The molecule has 0 rings (SSSR count). The molecule has 128 valence electrons. The van der Waals surface area contributed by atoms with Crippen LogP contribution in [0.1, 0.15) is 39.5 Å². The number of carbonyl (C=O) groups excluding carboxylic acids is 1. The maximum atomic E-state index is 10.8. The predicted octanol–water partition coefficient (Wildman–Crippen LogP) is 5.12. The SMILES string of the molecule is C=C(Cl)Cl.C=CC(=O)O.C=CC(=O)OCC(CC)CCCC. The van der Waals surface area contributed by atoms with Gasteiger partial charge < -0.3 is 9.84 Å². The first-order chi connectivity index (χ1) is 10.2. The number of carboxylic acids is 1. The van der Waals surface area contributed by atoms with Crippen LogP contribution in [0, 0.1) is 5.92 Å². The summed E-state index contributed by atoms with van der Waals surface area (Å²) in [6.07, 6.45) is 6.68. The summed E-state index contributed by atoms with van der Waals surface area (Å²) in [7, 11) is 0. The molecule has 6 heteroatoms. The van der Waals surface area contributed by atoms with Gasteiger partial charge in [-0.2, -0.15) is 0 Å². The van der Waals surface area contributed by atoms with E-state index in [9.17, 15) is 9.59 Å². The molecule has 0 aromatic carbocycles. The molecule has 0 aromatic rings. The summed E-state index contributed by atoms with van der Waals surface area (Å²) in [6, 6.07) is 0. The molecule has 0 spiro atoms. The van der Waals surface area contributed by atoms with Crippen LogP contribution >= 0.6 is 23.2 Å². The van der Waals surface area contributed by atoms with E-state index in [0.29, 0.717) is 12.5 Å². The molecule has 0 radical (unpaired) electrons. The summed E-state index contributed by atoms with van der Waals surface area (Å²) in [5, 5.41) is 7.60. The summed E-state index contributed by atoms with van der Waals surface area (Å²) in [4.78, 5) is 20.0. The Morgan fingerprint density at radius 1 is 1.23 bits per heavy atom. The molecule has 0 aliphatic heterocycles. The molecule has 0 saturated carbocycles. The maximum Gasteiger partial charge on any atom is 0.330 e. The topological polar surface area (TPSA) is 63.6 Å². The van der Waals surface area contributed by atoms with Gasteiger partial charge in [0.25, 0.3) is 0 Å². The number of hydrogen-bond acceptors (Lipinski definition) is 3. The Bertz CT molecular complexity index is 337. The average Bonchev–Trinajstić information content (AvgIpc) is 2.47. The zero-order valence-corrected chi connectivity index (χ0v) is 14.8. The van der Waals surface area contributed by atoms with Gasteiger partial charge in [0.05, 0.1) is 11.1 Å². The molecule has 0 aliphatic rings. The van der Waals surface area contributed by atoms with E-state index < -0.39 is 5.97 Å². The smallest absolute Gasteiger partial charge is 0.330 e. The molecule has 0 aromatic heterocycles. The Kier molecular flexibility index (Phi) is 23.0. The molecule has 22 heavy (non-hydrogen) atoms. The predicted molar refractivity (Wildman–Crippen MR) is 93.1 cm³/mol. The van der Waals surface area contributed by atoms with Crippen LogP contribution in [0.25, 0.3) is 0 Å². The molecule has 0 fully saturated rings. The van der Waals surface area contributed by atoms with Gasteiger partial charge >= 0.3 is 11.9 Å². The Hall–Kier alpha value is -1.26. The van der Waals surface area contributed by atoms with E-state index in [-0.39, 0.29) is 10.5 Å². The van der Waals surface area contributed by atoms with Crippen LogP contribution in [-0.4, -0.2) is 23.7 Å². The number of rotatable bonds is 8. The van der Waals surface area contributed by atoms with Crippen LogP contribution in [-0.2, 0) is 14.3 Å². The second kappa shape index (κ2) is 19.7. The summed E-state index contributed by atoms with van der Waals surface area (Å²) >= 11 is 9.69. The van der Waals surface area contributed by atoms with E-state index in [0.717, 1.165) is 18.9 Å². The van der Waals surface area contributed by atoms with E-state index in [1.165, 1.54) is 18.9 Å². The van der Waals surface area contributed by atoms with Crippen LogP contribution in [0.5, 0.6) is 0 Å². The van der Waals surface area contributed by atoms with Crippen molar-refractivity contribution in [2.45, 2.75) is 39.5 Å². The maximum absolute atomic E-state index is 10.8. The van der Waals surface area contributed by atoms with Crippen molar-refractivity contribution in [2.75, 3.05) is 6.61 Å². The van der Waals surface area contributed by atoms with E-state index in [1.54, 1.807) is 0 Å². The fraction of sp³-hybridized carbons (Fsp3) is 0.500. The first kappa shape index (κ1) is 25.7. The summed E-state index contributed by atoms with van der Waals surface area (Å²) in [6.45, 7) is 14.2. The largest absolute Gasteiger partial charge is 0.478 e. The Morgan fingerprint density at radius 2 is 1.68 bits per heavy atom. The van der Waals surface area contributed by atoms with Crippen LogP contribution in [0.3, 0.4) is 0 Å². The van der Waals surface area contributed by atoms with Crippen LogP contribution in [0.15, 0.2) is 36.4 Å². The summed E-state index contributed by atoms with van der Waals surface area (Å²) in [5.74, 6) is -0.774. The number of carbonyl (C=O) groups is 2. The fourth-order valence-corrected chi connectivity index (χ4v) is 1.16. The Morgan fingerprint density at radius 3 is 1.95 bits per heavy atom. The number of ether oxygens (including phenoxy) is 1. The lowest BCUT2D eigenvalue weighted by Gasteiger charge is -2.13. The lowest BCUT2D eigenvalue weighted by atomic mass is 10.0. The molecule has 0 amide bonds. The standard InChI is InChI=1S/C11H20O2.C3H4O2.C2H2Cl2/c1-4-7-8-10(5-2)9-13-11(12)6-3;1-2-3(4)5;1-2(3)4/h6,10H,3-5,7-9H2,1-2H3;2H,1H2,(H,4,5);1H2. The molecule has 0 aliphatic carbocycles. The van der Waals surface area contributed by atoms with Crippen molar-refractivity contribution < 1.29 is 19.4 Å². The highest BCUT2D eigenvalue weighted by molar-refractivity contribution is 6.55. The van der Waals surface area contributed by atoms with Gasteiger partial charge in [-0.15, -0.1) is 0 Å². The van der Waals surface area contributed by atoms with E-state index in [4.69, 9.17) is 33.0 Å². The number of carboxylic acid groups (broad SMARTS) is 1. The van der Waals surface area contributed by atoms with Crippen molar-refractivity contribution in [3.05, 3.63) is 36.4 Å². The average molecular weight is 353 g/mol. The first-order valence-electron chi connectivity index (χ1n) is 6.89. The lowest BCUT2D eigenvalue weighted by molar-refractivity contribution is -0.139. The van der Waals surface area contributed by atoms with Crippen LogP contribution in [0.2, 0.25) is 0 Å². The minimum Gasteiger partial charge on any atom is -0.478 e. The fourth-order valence-electron chi connectivity index (χ4n) is 1.16. The normalized spacial score (nSPS) is 9.82. The van der Waals surface area contributed by atoms with Gasteiger partial charge in [0, 0.05) is 12.2 Å². The third kappa shape index (κ3) is 31.2. The zero-order valence-electron chi connectivity index (χ0n) is 13.3. The van der Waals surface area contributed by atoms with Gasteiger partial charge in [-0.1, -0.05) is 76.0 Å². The van der Waals surface area contributed by atoms with Crippen molar-refractivity contribution in [3.8, 4) is 0 Å². The molecule has 1 atom stereocenters. The molecule has 1 N–H and O–H groups in total. The Labute approximate surface area is 143 Å². The third-order valence-corrected chi connectivity index (χ3v) is 2.35. The number of halogens is 2. The third-order valence-electron chi connectivity index (χ3n) is 2.35. The van der Waals surface area contributed by atoms with Gasteiger partial charge in [0.2, 0.25) is 0 Å². The van der Waals surface area contributed by atoms with Gasteiger partial charge in [0.1, 0.15) is 0 Å². The highest BCUT2D eigenvalue weighted by atomic mass is 35.5. The molecule has 0 bridgehead atoms. The summed E-state index contributed by atoms with van der Waals surface area (Å²) < 4.78 is 5.10. The molecular weight excluding hydrogens is 327 g/mol. The van der Waals surface area contributed by atoms with Crippen molar-refractivity contribution in [1.29, 1.82) is 0 Å². The molecule has 0 saturated heterocycles. The minimum absolute atomic E-state index is 0.111. The van der Waals surface area contributed by atoms with Crippen molar-refractivity contribution in [1.82, 2.24) is 0 Å². The number of unbranched alkanes of at least 4 members (excludes halogenated alkanes) is 1. The number of esters is 1. The Balaban J connectivity index is -0.000000330.